The highest BCUT2D eigenvalue weighted by atomic mass is 32.1. The van der Waals surface area contributed by atoms with Crippen molar-refractivity contribution >= 4 is 95.3 Å². The Kier molecular flexibility index (Phi) is 2.75. The second-order valence-corrected chi connectivity index (χ2v) is 10.2. The molecule has 2 heterocycles. The Morgan fingerprint density at radius 2 is 0.867 bits per heavy atom. The number of rotatable bonds is 0. The normalized spacial score (nSPS) is 12.7. The Morgan fingerprint density at radius 1 is 0.400 bits per heavy atom. The SMILES string of the molecule is c1ccc2c(c1)sc1c2cc2ccc3c4sc5ccccc5c4cc4ccc1c2c43. The number of hydrogen-bond donors (Lipinski definition) is 0. The molecule has 2 heteroatoms. The third-order valence-corrected chi connectivity index (χ3v) is 9.02. The highest BCUT2D eigenvalue weighted by Gasteiger charge is 2.17. The maximum absolute atomic E-state index is 2.41. The lowest BCUT2D eigenvalue weighted by atomic mass is 9.92. The van der Waals surface area contributed by atoms with E-state index in [0.29, 0.717) is 0 Å². The monoisotopic (exact) mass is 414 g/mol. The maximum atomic E-state index is 2.41. The van der Waals surface area contributed by atoms with Crippen LogP contribution in [0.5, 0.6) is 0 Å². The van der Waals surface area contributed by atoms with E-state index in [2.05, 4.69) is 84.9 Å². The van der Waals surface area contributed by atoms with Crippen LogP contribution in [0.15, 0.2) is 84.9 Å². The maximum Gasteiger partial charge on any atom is 0.0434 e. The summed E-state index contributed by atoms with van der Waals surface area (Å²) in [6.07, 6.45) is 0. The third kappa shape index (κ3) is 1.78. The summed E-state index contributed by atoms with van der Waals surface area (Å²) >= 11 is 3.85. The van der Waals surface area contributed by atoms with E-state index in [9.17, 15) is 0 Å². The second-order valence-electron chi connectivity index (χ2n) is 8.13. The Morgan fingerprint density at radius 3 is 1.37 bits per heavy atom. The molecule has 8 aromatic rings. The van der Waals surface area contributed by atoms with Gasteiger partial charge in [-0.25, -0.2) is 0 Å². The molecule has 0 atom stereocenters. The van der Waals surface area contributed by atoms with Gasteiger partial charge in [-0.05, 0) is 45.8 Å². The van der Waals surface area contributed by atoms with E-state index in [0.717, 1.165) is 0 Å². The fourth-order valence-corrected chi connectivity index (χ4v) is 7.72. The average Bonchev–Trinajstić information content (AvgIpc) is 3.35. The summed E-state index contributed by atoms with van der Waals surface area (Å²) in [7, 11) is 0. The lowest BCUT2D eigenvalue weighted by molar-refractivity contribution is 1.86. The van der Waals surface area contributed by atoms with Gasteiger partial charge in [-0.15, -0.1) is 22.7 Å². The Bertz CT molecular complexity index is 1800. The van der Waals surface area contributed by atoms with Crippen molar-refractivity contribution in [2.24, 2.45) is 0 Å². The molecule has 0 unspecified atom stereocenters. The first-order chi connectivity index (χ1) is 14.9. The van der Waals surface area contributed by atoms with Gasteiger partial charge in [0.05, 0.1) is 0 Å². The van der Waals surface area contributed by atoms with Crippen LogP contribution in [0.1, 0.15) is 0 Å². The number of fused-ring (bicyclic) bond motifs is 8. The largest absolute Gasteiger partial charge is 0.135 e. The molecule has 0 saturated carbocycles. The standard InChI is InChI=1S/C28H14S2/c1-3-7-23-17(5-1)21-13-15-9-12-20-26-16(10-11-19(25(15)26)27(21)29-23)14-22-18-6-2-4-8-24(18)30-28(20)22/h1-14H. The minimum atomic E-state index is 1.35. The molecule has 2 aromatic heterocycles. The van der Waals surface area contributed by atoms with Crippen molar-refractivity contribution in [3.05, 3.63) is 84.9 Å². The van der Waals surface area contributed by atoms with Crippen molar-refractivity contribution < 1.29 is 0 Å². The fraction of sp³-hybridized carbons (Fsp3) is 0. The van der Waals surface area contributed by atoms with E-state index in [1.807, 2.05) is 22.7 Å². The van der Waals surface area contributed by atoms with Crippen molar-refractivity contribution in [2.45, 2.75) is 0 Å². The first-order valence-corrected chi connectivity index (χ1v) is 11.8. The molecule has 0 N–H and O–H groups in total. The summed E-state index contributed by atoms with van der Waals surface area (Å²) in [5, 5.41) is 13.8. The predicted octanol–water partition coefficient (Wildman–Crippen LogP) is 9.32. The molecule has 8 rings (SSSR count). The van der Waals surface area contributed by atoms with Gasteiger partial charge in [-0.2, -0.15) is 0 Å². The Hall–Kier alpha value is -3.20. The van der Waals surface area contributed by atoms with E-state index >= 15 is 0 Å². The molecule has 0 spiro atoms. The summed E-state index contributed by atoms with van der Waals surface area (Å²) < 4.78 is 5.56. The van der Waals surface area contributed by atoms with Gasteiger partial charge in [-0.1, -0.05) is 60.7 Å². The summed E-state index contributed by atoms with van der Waals surface area (Å²) in [5.41, 5.74) is 0. The zero-order valence-electron chi connectivity index (χ0n) is 15.9. The fourth-order valence-electron chi connectivity index (χ4n) is 5.30. The molecule has 0 fully saturated rings. The van der Waals surface area contributed by atoms with Crippen LogP contribution in [0.2, 0.25) is 0 Å². The molecule has 0 aliphatic rings. The van der Waals surface area contributed by atoms with Crippen LogP contribution in [-0.4, -0.2) is 0 Å². The molecule has 0 amide bonds. The van der Waals surface area contributed by atoms with Crippen molar-refractivity contribution in [1.29, 1.82) is 0 Å². The molecule has 0 radical (unpaired) electrons. The van der Waals surface area contributed by atoms with Gasteiger partial charge in [0.2, 0.25) is 0 Å². The van der Waals surface area contributed by atoms with Crippen LogP contribution in [0.3, 0.4) is 0 Å². The minimum Gasteiger partial charge on any atom is -0.135 e. The van der Waals surface area contributed by atoms with E-state index in [4.69, 9.17) is 0 Å². The molecule has 138 valence electrons. The highest BCUT2D eigenvalue weighted by Crippen LogP contribution is 2.47. The first kappa shape index (κ1) is 15.6. The third-order valence-electron chi connectivity index (χ3n) is 6.58. The topological polar surface area (TPSA) is 0 Å². The lowest BCUT2D eigenvalue weighted by Gasteiger charge is -2.12. The van der Waals surface area contributed by atoms with Crippen LogP contribution in [0, 0.1) is 0 Å². The highest BCUT2D eigenvalue weighted by molar-refractivity contribution is 7.27. The molecular weight excluding hydrogens is 400 g/mol. The van der Waals surface area contributed by atoms with Gasteiger partial charge in [0.15, 0.2) is 0 Å². The van der Waals surface area contributed by atoms with Gasteiger partial charge in [-0.3, -0.25) is 0 Å². The number of thiophene rings is 2. The van der Waals surface area contributed by atoms with E-state index in [-0.39, 0.29) is 0 Å². The van der Waals surface area contributed by atoms with Crippen LogP contribution in [-0.2, 0) is 0 Å². The summed E-state index contributed by atoms with van der Waals surface area (Å²) in [6.45, 7) is 0. The van der Waals surface area contributed by atoms with Crippen LogP contribution in [0.25, 0.3) is 72.7 Å². The van der Waals surface area contributed by atoms with Crippen molar-refractivity contribution in [2.75, 3.05) is 0 Å². The van der Waals surface area contributed by atoms with Gasteiger partial charge in [0.1, 0.15) is 0 Å². The molecule has 0 nitrogen and oxygen atoms in total. The van der Waals surface area contributed by atoms with E-state index in [1.165, 1.54) is 72.7 Å². The van der Waals surface area contributed by atoms with Gasteiger partial charge in [0, 0.05) is 51.1 Å². The predicted molar refractivity (Wildman–Crippen MR) is 136 cm³/mol. The van der Waals surface area contributed by atoms with Crippen LogP contribution >= 0.6 is 22.7 Å². The van der Waals surface area contributed by atoms with Gasteiger partial charge in [0.25, 0.3) is 0 Å². The minimum absolute atomic E-state index is 1.35. The molecule has 0 aliphatic heterocycles. The van der Waals surface area contributed by atoms with Crippen molar-refractivity contribution in [3.63, 3.8) is 0 Å². The van der Waals surface area contributed by atoms with Crippen molar-refractivity contribution in [1.82, 2.24) is 0 Å². The second kappa shape index (κ2) is 5.28. The molecule has 0 aliphatic carbocycles. The van der Waals surface area contributed by atoms with E-state index in [1.54, 1.807) is 0 Å². The number of benzene rings is 6. The molecule has 0 saturated heterocycles. The quantitative estimate of drug-likeness (QED) is 0.217. The van der Waals surface area contributed by atoms with Crippen LogP contribution in [0.4, 0.5) is 0 Å². The zero-order chi connectivity index (χ0) is 19.4. The first-order valence-electron chi connectivity index (χ1n) is 10.2. The van der Waals surface area contributed by atoms with Crippen molar-refractivity contribution in [3.8, 4) is 0 Å². The number of hydrogen-bond acceptors (Lipinski definition) is 2. The Balaban J connectivity index is 1.67. The summed E-state index contributed by atoms with van der Waals surface area (Å²) in [4.78, 5) is 0. The summed E-state index contributed by atoms with van der Waals surface area (Å²) in [5.74, 6) is 0. The average molecular weight is 415 g/mol. The lowest BCUT2D eigenvalue weighted by Crippen LogP contribution is -1.84. The van der Waals surface area contributed by atoms with Gasteiger partial charge < -0.3 is 0 Å². The molecular formula is C28H14S2. The molecule has 30 heavy (non-hydrogen) atoms. The molecule has 0 bridgehead atoms. The zero-order valence-corrected chi connectivity index (χ0v) is 17.5. The Labute approximate surface area is 179 Å². The van der Waals surface area contributed by atoms with E-state index < -0.39 is 0 Å². The molecule has 6 aromatic carbocycles. The smallest absolute Gasteiger partial charge is 0.0434 e. The van der Waals surface area contributed by atoms with Gasteiger partial charge >= 0.3 is 0 Å². The summed E-state index contributed by atoms with van der Waals surface area (Å²) in [6, 6.07) is 31.8. The van der Waals surface area contributed by atoms with Crippen LogP contribution < -0.4 is 0 Å².